The standard InChI is InChI=1S/C41H55NO5S/c1-45-37-28-30-38(31-29-37)48(43,44)42-33-36(41-39(42)26-22-27-40(41)46-2)25-20-15-13-11-9-7-5-3-4-6-8-10-12-14-16-21-32-47-34-35-23-18-17-19-24-35/h17-20,22-31,33H,3-16,21,32,34H2,1-2H3. The van der Waals surface area contributed by atoms with E-state index in [0.29, 0.717) is 17.0 Å². The molecule has 4 aromatic rings. The normalized spacial score (nSPS) is 11.9. The molecule has 0 saturated carbocycles. The molecule has 0 fully saturated rings. The Morgan fingerprint density at radius 2 is 1.25 bits per heavy atom. The SMILES string of the molecule is COc1ccc(S(=O)(=O)n2cc(C=CCCCCCCCCCCCCCCCCOCc3ccccc3)c3c(OC)cccc32)cc1. The summed E-state index contributed by atoms with van der Waals surface area (Å²) in [6, 6.07) is 22.4. The fourth-order valence-electron chi connectivity index (χ4n) is 6.17. The quantitative estimate of drug-likeness (QED) is 0.0693. The monoisotopic (exact) mass is 673 g/mol. The summed E-state index contributed by atoms with van der Waals surface area (Å²) in [5, 5.41) is 0.800. The van der Waals surface area contributed by atoms with Crippen LogP contribution in [0.4, 0.5) is 0 Å². The number of benzene rings is 3. The number of fused-ring (bicyclic) bond motifs is 1. The maximum absolute atomic E-state index is 13.6. The molecule has 0 spiro atoms. The Morgan fingerprint density at radius 1 is 0.646 bits per heavy atom. The highest BCUT2D eigenvalue weighted by molar-refractivity contribution is 7.90. The summed E-state index contributed by atoms with van der Waals surface area (Å²) in [4.78, 5) is 0.210. The average Bonchev–Trinajstić information content (AvgIpc) is 3.51. The van der Waals surface area contributed by atoms with Crippen LogP contribution in [0.15, 0.2) is 90.0 Å². The molecule has 0 atom stereocenters. The van der Waals surface area contributed by atoms with Gasteiger partial charge in [0.2, 0.25) is 0 Å². The van der Waals surface area contributed by atoms with Crippen molar-refractivity contribution in [3.63, 3.8) is 0 Å². The van der Waals surface area contributed by atoms with Gasteiger partial charge in [-0.05, 0) is 61.2 Å². The van der Waals surface area contributed by atoms with Crippen molar-refractivity contribution in [1.82, 2.24) is 3.97 Å². The molecular weight excluding hydrogens is 619 g/mol. The van der Waals surface area contributed by atoms with Gasteiger partial charge >= 0.3 is 0 Å². The molecule has 1 heterocycles. The van der Waals surface area contributed by atoms with E-state index in [1.807, 2.05) is 30.3 Å². The third kappa shape index (κ3) is 11.6. The van der Waals surface area contributed by atoms with Crippen molar-refractivity contribution < 1.29 is 22.6 Å². The van der Waals surface area contributed by atoms with Crippen LogP contribution in [0.1, 0.15) is 107 Å². The van der Waals surface area contributed by atoms with Crippen molar-refractivity contribution in [2.45, 2.75) is 108 Å². The molecule has 0 amide bonds. The summed E-state index contributed by atoms with van der Waals surface area (Å²) >= 11 is 0. The van der Waals surface area contributed by atoms with E-state index in [-0.39, 0.29) is 4.90 Å². The molecule has 0 aliphatic carbocycles. The Hall–Kier alpha value is -3.55. The van der Waals surface area contributed by atoms with Gasteiger partial charge in [0.05, 0.1) is 36.6 Å². The second-order valence-corrected chi connectivity index (χ2v) is 14.4. The predicted molar refractivity (Wildman–Crippen MR) is 198 cm³/mol. The van der Waals surface area contributed by atoms with E-state index < -0.39 is 10.0 Å². The van der Waals surface area contributed by atoms with Gasteiger partial charge in [0.15, 0.2) is 0 Å². The fraction of sp³-hybridized carbons (Fsp3) is 0.463. The third-order valence-electron chi connectivity index (χ3n) is 8.94. The molecule has 48 heavy (non-hydrogen) atoms. The van der Waals surface area contributed by atoms with Crippen LogP contribution >= 0.6 is 0 Å². The van der Waals surface area contributed by atoms with Crippen LogP contribution in [0.25, 0.3) is 17.0 Å². The number of hydrogen-bond donors (Lipinski definition) is 0. The smallest absolute Gasteiger partial charge is 0.268 e. The van der Waals surface area contributed by atoms with Gasteiger partial charge in [0, 0.05) is 18.4 Å². The van der Waals surface area contributed by atoms with Gasteiger partial charge in [0.1, 0.15) is 11.5 Å². The van der Waals surface area contributed by atoms with Crippen LogP contribution in [-0.2, 0) is 21.4 Å². The molecule has 0 bridgehead atoms. The maximum atomic E-state index is 13.6. The van der Waals surface area contributed by atoms with Gasteiger partial charge in [-0.3, -0.25) is 0 Å². The van der Waals surface area contributed by atoms with Gasteiger partial charge in [-0.2, -0.15) is 0 Å². The number of methoxy groups -OCH3 is 2. The molecule has 1 aromatic heterocycles. The van der Waals surface area contributed by atoms with Crippen LogP contribution in [-0.4, -0.2) is 33.2 Å². The molecular formula is C41H55NO5S. The number of rotatable bonds is 24. The summed E-state index contributed by atoms with van der Waals surface area (Å²) in [6.45, 7) is 1.60. The zero-order valence-corrected chi connectivity index (χ0v) is 29.9. The Balaban J connectivity index is 1.06. The topological polar surface area (TPSA) is 66.8 Å². The van der Waals surface area contributed by atoms with Crippen LogP contribution in [0.5, 0.6) is 11.5 Å². The maximum Gasteiger partial charge on any atom is 0.268 e. The number of allylic oxidation sites excluding steroid dienone is 1. The highest BCUT2D eigenvalue weighted by Crippen LogP contribution is 2.34. The van der Waals surface area contributed by atoms with Crippen molar-refractivity contribution in [1.29, 1.82) is 0 Å². The molecule has 0 unspecified atom stereocenters. The Kier molecular flexibility index (Phi) is 16.1. The minimum atomic E-state index is -3.80. The Morgan fingerprint density at radius 3 is 1.85 bits per heavy atom. The van der Waals surface area contributed by atoms with E-state index in [0.717, 1.165) is 37.0 Å². The molecule has 0 N–H and O–H groups in total. The Labute approximate surface area is 289 Å². The minimum absolute atomic E-state index is 0.210. The lowest BCUT2D eigenvalue weighted by Gasteiger charge is -2.09. The van der Waals surface area contributed by atoms with E-state index in [9.17, 15) is 8.42 Å². The van der Waals surface area contributed by atoms with Crippen molar-refractivity contribution in [3.8, 4) is 11.5 Å². The summed E-state index contributed by atoms with van der Waals surface area (Å²) < 4.78 is 45.2. The van der Waals surface area contributed by atoms with E-state index in [4.69, 9.17) is 14.2 Å². The summed E-state index contributed by atoms with van der Waals surface area (Å²) in [5.74, 6) is 1.27. The number of hydrogen-bond acceptors (Lipinski definition) is 5. The van der Waals surface area contributed by atoms with Crippen LogP contribution in [0.3, 0.4) is 0 Å². The first-order chi connectivity index (χ1) is 23.5. The molecule has 7 heteroatoms. The molecule has 0 aliphatic heterocycles. The number of ether oxygens (including phenoxy) is 3. The number of unbranched alkanes of at least 4 members (excludes halogenated alkanes) is 14. The van der Waals surface area contributed by atoms with Crippen LogP contribution in [0, 0.1) is 0 Å². The van der Waals surface area contributed by atoms with Crippen molar-refractivity contribution in [3.05, 3.63) is 96.2 Å². The van der Waals surface area contributed by atoms with Crippen LogP contribution < -0.4 is 9.47 Å². The van der Waals surface area contributed by atoms with E-state index in [1.54, 1.807) is 44.7 Å². The summed E-state index contributed by atoms with van der Waals surface area (Å²) in [5.41, 5.74) is 2.69. The van der Waals surface area contributed by atoms with Crippen molar-refractivity contribution in [2.24, 2.45) is 0 Å². The van der Waals surface area contributed by atoms with E-state index >= 15 is 0 Å². The molecule has 0 saturated heterocycles. The molecule has 6 nitrogen and oxygen atoms in total. The first-order valence-electron chi connectivity index (χ1n) is 17.9. The Bertz CT molecular complexity index is 1610. The summed E-state index contributed by atoms with van der Waals surface area (Å²) in [7, 11) is -0.619. The van der Waals surface area contributed by atoms with E-state index in [2.05, 4.69) is 30.3 Å². The molecule has 4 rings (SSSR count). The molecule has 0 aliphatic rings. The second kappa shape index (κ2) is 20.7. The highest BCUT2D eigenvalue weighted by atomic mass is 32.2. The number of aromatic nitrogens is 1. The van der Waals surface area contributed by atoms with Gasteiger partial charge in [-0.25, -0.2) is 12.4 Å². The first kappa shape index (κ1) is 37.3. The lowest BCUT2D eigenvalue weighted by Crippen LogP contribution is -2.11. The fourth-order valence-corrected chi connectivity index (χ4v) is 7.54. The van der Waals surface area contributed by atoms with Crippen molar-refractivity contribution >= 4 is 27.0 Å². The zero-order valence-electron chi connectivity index (χ0n) is 29.1. The third-order valence-corrected chi connectivity index (χ3v) is 10.6. The predicted octanol–water partition coefficient (Wildman–Crippen LogP) is 11.0. The van der Waals surface area contributed by atoms with Gasteiger partial charge in [-0.1, -0.05) is 126 Å². The van der Waals surface area contributed by atoms with E-state index in [1.165, 1.54) is 93.0 Å². The largest absolute Gasteiger partial charge is 0.497 e. The van der Waals surface area contributed by atoms with Crippen molar-refractivity contribution in [2.75, 3.05) is 20.8 Å². The highest BCUT2D eigenvalue weighted by Gasteiger charge is 2.22. The lowest BCUT2D eigenvalue weighted by molar-refractivity contribution is 0.116. The molecule has 0 radical (unpaired) electrons. The van der Waals surface area contributed by atoms with Crippen LogP contribution in [0.2, 0.25) is 0 Å². The second-order valence-electron chi connectivity index (χ2n) is 12.6. The summed E-state index contributed by atoms with van der Waals surface area (Å²) in [6.07, 6.45) is 25.1. The average molecular weight is 674 g/mol. The molecule has 3 aromatic carbocycles. The molecule has 260 valence electrons. The minimum Gasteiger partial charge on any atom is -0.497 e. The van der Waals surface area contributed by atoms with Gasteiger partial charge in [-0.15, -0.1) is 0 Å². The van der Waals surface area contributed by atoms with Gasteiger partial charge in [0.25, 0.3) is 10.0 Å². The first-order valence-corrected chi connectivity index (χ1v) is 19.3. The number of nitrogens with zero attached hydrogens (tertiary/aromatic N) is 1. The zero-order chi connectivity index (χ0) is 33.9. The lowest BCUT2D eigenvalue weighted by atomic mass is 10.0. The van der Waals surface area contributed by atoms with Gasteiger partial charge < -0.3 is 14.2 Å².